The molecule has 0 heterocycles. The predicted octanol–water partition coefficient (Wildman–Crippen LogP) is 2.96. The second-order valence-electron chi connectivity index (χ2n) is 3.62. The van der Waals surface area contributed by atoms with Crippen LogP contribution >= 0.6 is 0 Å². The molecule has 2 nitrogen and oxygen atoms in total. The van der Waals surface area contributed by atoms with Gasteiger partial charge in [-0.15, -0.1) is 0 Å². The molecule has 16 heavy (non-hydrogen) atoms. The van der Waals surface area contributed by atoms with E-state index >= 15 is 0 Å². The molecule has 0 aliphatic heterocycles. The van der Waals surface area contributed by atoms with Crippen LogP contribution in [-0.4, -0.2) is 12.7 Å². The van der Waals surface area contributed by atoms with Crippen molar-refractivity contribution in [1.82, 2.24) is 0 Å². The quantitative estimate of drug-likeness (QED) is 0.858. The molecule has 0 fully saturated rings. The number of benzene rings is 1. The maximum Gasteiger partial charge on any atom is 0.387 e. The van der Waals surface area contributed by atoms with E-state index in [2.05, 4.69) is 4.74 Å². The van der Waals surface area contributed by atoms with Crippen molar-refractivity contribution in [3.63, 3.8) is 0 Å². The number of ether oxygens (including phenoxy) is 1. The zero-order valence-corrected chi connectivity index (χ0v) is 9.28. The Morgan fingerprint density at radius 2 is 2.06 bits per heavy atom. The molecule has 1 aromatic rings. The van der Waals surface area contributed by atoms with Gasteiger partial charge >= 0.3 is 6.61 Å². The van der Waals surface area contributed by atoms with Crippen LogP contribution in [0.4, 0.5) is 8.78 Å². The third kappa shape index (κ3) is 3.98. The Morgan fingerprint density at radius 3 is 2.62 bits per heavy atom. The summed E-state index contributed by atoms with van der Waals surface area (Å²) in [6.45, 7) is 0.754. The summed E-state index contributed by atoms with van der Waals surface area (Å²) in [4.78, 5) is 0. The largest absolute Gasteiger partial charge is 0.435 e. The summed E-state index contributed by atoms with van der Waals surface area (Å²) in [5.74, 6) is 0.196. The van der Waals surface area contributed by atoms with Crippen LogP contribution in [0.5, 0.6) is 5.75 Å². The van der Waals surface area contributed by atoms with Crippen molar-refractivity contribution in [3.05, 3.63) is 35.4 Å². The topological polar surface area (TPSA) is 35.2 Å². The fourth-order valence-electron chi connectivity index (χ4n) is 1.21. The van der Waals surface area contributed by atoms with E-state index in [1.165, 1.54) is 0 Å². The van der Waals surface area contributed by atoms with Crippen LogP contribution in [-0.2, 0) is 0 Å². The molecule has 0 aromatic heterocycles. The number of hydrogen-bond acceptors (Lipinski definition) is 2. The first-order valence-corrected chi connectivity index (χ1v) is 4.98. The van der Waals surface area contributed by atoms with Crippen LogP contribution in [0.3, 0.4) is 0 Å². The summed E-state index contributed by atoms with van der Waals surface area (Å²) in [5, 5.41) is 0. The van der Waals surface area contributed by atoms with Gasteiger partial charge in [-0.1, -0.05) is 24.3 Å². The molecule has 1 aromatic carbocycles. The maximum absolute atomic E-state index is 12.1. The van der Waals surface area contributed by atoms with Crippen LogP contribution in [0.15, 0.2) is 24.3 Å². The molecule has 1 unspecified atom stereocenters. The van der Waals surface area contributed by atoms with Gasteiger partial charge in [0.05, 0.1) is 0 Å². The van der Waals surface area contributed by atoms with E-state index in [0.29, 0.717) is 5.56 Å². The molecule has 0 saturated heterocycles. The number of hydrogen-bond donors (Lipinski definition) is 1. The van der Waals surface area contributed by atoms with E-state index < -0.39 is 6.61 Å². The van der Waals surface area contributed by atoms with Gasteiger partial charge in [0.25, 0.3) is 0 Å². The smallest absolute Gasteiger partial charge is 0.387 e. The van der Waals surface area contributed by atoms with Crippen molar-refractivity contribution in [2.45, 2.75) is 26.5 Å². The number of aryl methyl sites for hydroxylation is 1. The van der Waals surface area contributed by atoms with Gasteiger partial charge < -0.3 is 10.5 Å². The van der Waals surface area contributed by atoms with Gasteiger partial charge in [-0.3, -0.25) is 0 Å². The molecule has 0 saturated carbocycles. The Kier molecular flexibility index (Phi) is 4.43. The highest BCUT2D eigenvalue weighted by molar-refractivity contribution is 5.54. The first-order chi connectivity index (χ1) is 7.49. The van der Waals surface area contributed by atoms with Gasteiger partial charge in [-0.2, -0.15) is 8.78 Å². The second-order valence-corrected chi connectivity index (χ2v) is 3.62. The number of halogens is 2. The Balaban J connectivity index is 2.89. The van der Waals surface area contributed by atoms with Gasteiger partial charge in [0.1, 0.15) is 5.75 Å². The Morgan fingerprint density at radius 1 is 1.38 bits per heavy atom. The molecule has 1 rings (SSSR count). The number of nitrogens with two attached hydrogens (primary N) is 1. The lowest BCUT2D eigenvalue weighted by molar-refractivity contribution is -0.0502. The SMILES string of the molecule is Cc1ccc(/C=C/C(C)N)cc1OC(F)F. The summed E-state index contributed by atoms with van der Waals surface area (Å²) >= 11 is 0. The Bertz CT molecular complexity index is 375. The summed E-state index contributed by atoms with van der Waals surface area (Å²) < 4.78 is 28.6. The van der Waals surface area contributed by atoms with Gasteiger partial charge in [0.2, 0.25) is 0 Å². The number of rotatable bonds is 4. The minimum Gasteiger partial charge on any atom is -0.435 e. The average molecular weight is 227 g/mol. The second kappa shape index (κ2) is 5.61. The summed E-state index contributed by atoms with van der Waals surface area (Å²) in [6, 6.07) is 5.06. The summed E-state index contributed by atoms with van der Waals surface area (Å²) in [5.41, 5.74) is 7.02. The molecule has 0 spiro atoms. The lowest BCUT2D eigenvalue weighted by Crippen LogP contribution is -2.09. The highest BCUT2D eigenvalue weighted by atomic mass is 19.3. The monoisotopic (exact) mass is 227 g/mol. The Hall–Kier alpha value is -1.42. The third-order valence-corrected chi connectivity index (χ3v) is 2.02. The first kappa shape index (κ1) is 12.6. The van der Waals surface area contributed by atoms with E-state index in [-0.39, 0.29) is 11.8 Å². The standard InChI is InChI=1S/C12H15F2NO/c1-8-3-5-10(6-4-9(2)15)7-11(8)16-12(13)14/h3-7,9,12H,15H2,1-2H3/b6-4+. The van der Waals surface area contributed by atoms with Gasteiger partial charge in [0, 0.05) is 6.04 Å². The lowest BCUT2D eigenvalue weighted by atomic mass is 10.1. The van der Waals surface area contributed by atoms with Crippen molar-refractivity contribution < 1.29 is 13.5 Å². The van der Waals surface area contributed by atoms with Gasteiger partial charge in [0.15, 0.2) is 0 Å². The molecule has 4 heteroatoms. The van der Waals surface area contributed by atoms with Crippen molar-refractivity contribution >= 4 is 6.08 Å². The molecule has 0 aliphatic carbocycles. The summed E-state index contributed by atoms with van der Waals surface area (Å²) in [7, 11) is 0. The van der Waals surface area contributed by atoms with Crippen LogP contribution < -0.4 is 10.5 Å². The van der Waals surface area contributed by atoms with Crippen LogP contribution in [0.25, 0.3) is 6.08 Å². The molecule has 2 N–H and O–H groups in total. The van der Waals surface area contributed by atoms with Crippen LogP contribution in [0, 0.1) is 6.92 Å². The van der Waals surface area contributed by atoms with E-state index in [9.17, 15) is 8.78 Å². The molecular formula is C12H15F2NO. The molecule has 0 bridgehead atoms. The molecule has 0 radical (unpaired) electrons. The molecule has 88 valence electrons. The third-order valence-electron chi connectivity index (χ3n) is 2.02. The normalized spacial score (nSPS) is 13.4. The molecular weight excluding hydrogens is 212 g/mol. The highest BCUT2D eigenvalue weighted by Crippen LogP contribution is 2.22. The van der Waals surface area contributed by atoms with Gasteiger partial charge in [-0.05, 0) is 31.0 Å². The van der Waals surface area contributed by atoms with Gasteiger partial charge in [-0.25, -0.2) is 0 Å². The van der Waals surface area contributed by atoms with Crippen molar-refractivity contribution in [3.8, 4) is 5.75 Å². The minimum atomic E-state index is -2.80. The van der Waals surface area contributed by atoms with E-state index in [1.807, 2.05) is 13.0 Å². The summed E-state index contributed by atoms with van der Waals surface area (Å²) in [6.07, 6.45) is 3.57. The average Bonchev–Trinajstić information content (AvgIpc) is 2.18. The zero-order chi connectivity index (χ0) is 12.1. The maximum atomic E-state index is 12.1. The fraction of sp³-hybridized carbons (Fsp3) is 0.333. The van der Waals surface area contributed by atoms with Crippen molar-refractivity contribution in [2.24, 2.45) is 5.73 Å². The molecule has 0 amide bonds. The first-order valence-electron chi connectivity index (χ1n) is 4.98. The Labute approximate surface area is 93.7 Å². The van der Waals surface area contributed by atoms with E-state index in [4.69, 9.17) is 5.73 Å². The fourth-order valence-corrected chi connectivity index (χ4v) is 1.21. The van der Waals surface area contributed by atoms with Crippen LogP contribution in [0.2, 0.25) is 0 Å². The van der Waals surface area contributed by atoms with E-state index in [0.717, 1.165) is 5.56 Å². The number of alkyl halides is 2. The zero-order valence-electron chi connectivity index (χ0n) is 9.28. The van der Waals surface area contributed by atoms with E-state index in [1.54, 1.807) is 31.2 Å². The highest BCUT2D eigenvalue weighted by Gasteiger charge is 2.07. The van der Waals surface area contributed by atoms with Crippen molar-refractivity contribution in [1.29, 1.82) is 0 Å². The predicted molar refractivity (Wildman–Crippen MR) is 60.5 cm³/mol. The van der Waals surface area contributed by atoms with Crippen LogP contribution in [0.1, 0.15) is 18.1 Å². The minimum absolute atomic E-state index is 0.0687. The molecule has 1 atom stereocenters. The van der Waals surface area contributed by atoms with Crippen molar-refractivity contribution in [2.75, 3.05) is 0 Å². The molecule has 0 aliphatic rings. The lowest BCUT2D eigenvalue weighted by Gasteiger charge is -2.08.